The quantitative estimate of drug-likeness (QED) is 0.376. The van der Waals surface area contributed by atoms with Gasteiger partial charge in [0.05, 0.1) is 5.82 Å². The van der Waals surface area contributed by atoms with E-state index >= 15 is 0 Å². The van der Waals surface area contributed by atoms with Crippen LogP contribution in [0.25, 0.3) is 20.9 Å². The molecular weight excluding hydrogens is 454 g/mol. The van der Waals surface area contributed by atoms with Gasteiger partial charge >= 0.3 is 0 Å². The smallest absolute Gasteiger partial charge is 0.188 e. The standard InChI is InChI=1S/C27H33N7S/c1-20(28)31-12-14-32(15-13-31)23-6-2-21(3-7-23)25-10-11-26(35-25)22-4-8-24(9-5-22)33-16-18-34(19-17-33)27(29)30/h2-11H,1,12-19,28H2,(H3,29,30). The van der Waals surface area contributed by atoms with Gasteiger partial charge in [0.2, 0.25) is 0 Å². The molecule has 3 aromatic rings. The normalized spacial score (nSPS) is 16.5. The molecule has 7 nitrogen and oxygen atoms in total. The highest BCUT2D eigenvalue weighted by Crippen LogP contribution is 2.36. The van der Waals surface area contributed by atoms with Gasteiger partial charge in [0.15, 0.2) is 5.96 Å². The van der Waals surface area contributed by atoms with E-state index in [1.165, 1.54) is 32.3 Å². The maximum absolute atomic E-state index is 7.60. The van der Waals surface area contributed by atoms with E-state index in [-0.39, 0.29) is 5.96 Å². The van der Waals surface area contributed by atoms with Crippen LogP contribution in [0.3, 0.4) is 0 Å². The highest BCUT2D eigenvalue weighted by Gasteiger charge is 2.19. The molecule has 0 amide bonds. The minimum Gasteiger partial charge on any atom is -0.386 e. The Kier molecular flexibility index (Phi) is 6.55. The third-order valence-corrected chi connectivity index (χ3v) is 8.13. The van der Waals surface area contributed by atoms with Gasteiger partial charge < -0.3 is 31.1 Å². The van der Waals surface area contributed by atoms with Crippen LogP contribution in [0.5, 0.6) is 0 Å². The lowest BCUT2D eigenvalue weighted by atomic mass is 10.1. The molecule has 2 saturated heterocycles. The molecule has 1 aromatic heterocycles. The molecule has 182 valence electrons. The SMILES string of the molecule is C=C(N)N1CCN(c2ccc(-c3ccc(-c4ccc(N5CCN(C(=N)N)CC5)cc4)s3)cc2)CC1. The minimum atomic E-state index is 0.167. The van der Waals surface area contributed by atoms with Crippen LogP contribution >= 0.6 is 11.3 Å². The molecule has 0 spiro atoms. The van der Waals surface area contributed by atoms with Gasteiger partial charge in [-0.2, -0.15) is 0 Å². The summed E-state index contributed by atoms with van der Waals surface area (Å²) in [5, 5.41) is 7.60. The molecule has 0 radical (unpaired) electrons. The van der Waals surface area contributed by atoms with Crippen molar-refractivity contribution in [1.29, 1.82) is 5.41 Å². The lowest BCUT2D eigenvalue weighted by Gasteiger charge is -2.37. The second kappa shape index (κ2) is 9.92. The number of anilines is 2. The topological polar surface area (TPSA) is 88.9 Å². The van der Waals surface area contributed by atoms with Gasteiger partial charge in [-0.05, 0) is 47.5 Å². The third kappa shape index (κ3) is 5.07. The molecule has 5 rings (SSSR count). The number of benzene rings is 2. The number of hydrogen-bond acceptors (Lipinski definition) is 6. The Morgan fingerprint density at radius 1 is 0.629 bits per heavy atom. The van der Waals surface area contributed by atoms with Crippen molar-refractivity contribution in [2.75, 3.05) is 62.2 Å². The molecule has 0 saturated carbocycles. The number of hydrogen-bond donors (Lipinski definition) is 3. The predicted octanol–water partition coefficient (Wildman–Crippen LogP) is 3.65. The molecule has 0 unspecified atom stereocenters. The maximum Gasteiger partial charge on any atom is 0.188 e. The molecule has 2 aromatic carbocycles. The van der Waals surface area contributed by atoms with Crippen LogP contribution in [0.15, 0.2) is 73.1 Å². The van der Waals surface area contributed by atoms with Gasteiger partial charge in [0.25, 0.3) is 0 Å². The van der Waals surface area contributed by atoms with Gasteiger partial charge in [-0.15, -0.1) is 11.3 Å². The van der Waals surface area contributed by atoms with Crippen LogP contribution in [-0.2, 0) is 0 Å². The van der Waals surface area contributed by atoms with Crippen LogP contribution in [0.4, 0.5) is 11.4 Å². The van der Waals surface area contributed by atoms with Gasteiger partial charge in [-0.3, -0.25) is 5.41 Å². The zero-order valence-corrected chi connectivity index (χ0v) is 20.8. The molecule has 0 bridgehead atoms. The minimum absolute atomic E-state index is 0.167. The average Bonchev–Trinajstić information content (AvgIpc) is 3.39. The van der Waals surface area contributed by atoms with Crippen LogP contribution in [0.1, 0.15) is 0 Å². The molecule has 2 fully saturated rings. The van der Waals surface area contributed by atoms with Gasteiger partial charge in [-0.25, -0.2) is 0 Å². The van der Waals surface area contributed by atoms with E-state index in [9.17, 15) is 0 Å². The Bertz CT molecular complexity index is 1080. The van der Waals surface area contributed by atoms with E-state index in [0.717, 1.165) is 52.4 Å². The molecule has 0 atom stereocenters. The zero-order valence-electron chi connectivity index (χ0n) is 20.0. The summed E-state index contributed by atoms with van der Waals surface area (Å²) in [4.78, 5) is 11.4. The highest BCUT2D eigenvalue weighted by molar-refractivity contribution is 7.18. The Hall–Kier alpha value is -3.65. The fraction of sp³-hybridized carbons (Fsp3) is 0.296. The summed E-state index contributed by atoms with van der Waals surface area (Å²) >= 11 is 1.83. The van der Waals surface area contributed by atoms with Crippen LogP contribution in [0.2, 0.25) is 0 Å². The van der Waals surface area contributed by atoms with Crippen molar-refractivity contribution >= 4 is 28.7 Å². The van der Waals surface area contributed by atoms with Crippen LogP contribution in [-0.4, -0.2) is 68.1 Å². The van der Waals surface area contributed by atoms with Crippen molar-refractivity contribution in [2.45, 2.75) is 0 Å². The first kappa shape index (κ1) is 23.1. The van der Waals surface area contributed by atoms with Gasteiger partial charge in [0, 0.05) is 73.5 Å². The first-order valence-electron chi connectivity index (χ1n) is 12.1. The summed E-state index contributed by atoms with van der Waals surface area (Å²) in [6, 6.07) is 22.2. The molecular formula is C27H33N7S. The second-order valence-electron chi connectivity index (χ2n) is 9.08. The Morgan fingerprint density at radius 3 is 1.40 bits per heavy atom. The molecule has 8 heteroatoms. The summed E-state index contributed by atoms with van der Waals surface area (Å²) < 4.78 is 0. The Labute approximate surface area is 211 Å². The number of nitrogens with zero attached hydrogens (tertiary/aromatic N) is 4. The Balaban J connectivity index is 1.22. The predicted molar refractivity (Wildman–Crippen MR) is 148 cm³/mol. The second-order valence-corrected chi connectivity index (χ2v) is 10.2. The van der Waals surface area contributed by atoms with Crippen molar-refractivity contribution in [1.82, 2.24) is 9.80 Å². The fourth-order valence-electron chi connectivity index (χ4n) is 4.78. The number of nitrogens with one attached hydrogen (secondary N) is 1. The van der Waals surface area contributed by atoms with Gasteiger partial charge in [-0.1, -0.05) is 30.8 Å². The highest BCUT2D eigenvalue weighted by atomic mass is 32.1. The largest absolute Gasteiger partial charge is 0.386 e. The fourth-order valence-corrected chi connectivity index (χ4v) is 5.80. The van der Waals surface area contributed by atoms with Crippen molar-refractivity contribution < 1.29 is 0 Å². The number of guanidine groups is 1. The van der Waals surface area contributed by atoms with Crippen molar-refractivity contribution in [2.24, 2.45) is 11.5 Å². The molecule has 2 aliphatic heterocycles. The molecule has 5 N–H and O–H groups in total. The summed E-state index contributed by atoms with van der Waals surface area (Å²) in [6.07, 6.45) is 0. The monoisotopic (exact) mass is 487 g/mol. The first-order valence-corrected chi connectivity index (χ1v) is 12.9. The summed E-state index contributed by atoms with van der Waals surface area (Å²) in [6.45, 7) is 11.0. The summed E-state index contributed by atoms with van der Waals surface area (Å²) in [5.41, 5.74) is 16.4. The summed E-state index contributed by atoms with van der Waals surface area (Å²) in [5.74, 6) is 0.829. The number of piperazine rings is 2. The number of rotatable bonds is 5. The Morgan fingerprint density at radius 2 is 1.03 bits per heavy atom. The number of thiophene rings is 1. The molecule has 0 aliphatic carbocycles. The molecule has 3 heterocycles. The third-order valence-electron chi connectivity index (χ3n) is 6.95. The van der Waals surface area contributed by atoms with E-state index in [0.29, 0.717) is 5.82 Å². The van der Waals surface area contributed by atoms with Gasteiger partial charge in [0.1, 0.15) is 0 Å². The van der Waals surface area contributed by atoms with E-state index in [2.05, 4.69) is 81.9 Å². The molecule has 35 heavy (non-hydrogen) atoms. The van der Waals surface area contributed by atoms with Crippen LogP contribution < -0.4 is 21.3 Å². The summed E-state index contributed by atoms with van der Waals surface area (Å²) in [7, 11) is 0. The van der Waals surface area contributed by atoms with E-state index in [1.54, 1.807) is 0 Å². The average molecular weight is 488 g/mol. The van der Waals surface area contributed by atoms with E-state index < -0.39 is 0 Å². The lowest BCUT2D eigenvalue weighted by Crippen LogP contribution is -2.50. The van der Waals surface area contributed by atoms with E-state index in [1.807, 2.05) is 16.2 Å². The zero-order chi connectivity index (χ0) is 24.4. The first-order chi connectivity index (χ1) is 17.0. The lowest BCUT2D eigenvalue weighted by molar-refractivity contribution is 0.319. The van der Waals surface area contributed by atoms with E-state index in [4.69, 9.17) is 16.9 Å². The van der Waals surface area contributed by atoms with Crippen LogP contribution in [0, 0.1) is 5.41 Å². The molecule has 2 aliphatic rings. The van der Waals surface area contributed by atoms with Crippen molar-refractivity contribution in [3.05, 3.63) is 73.1 Å². The van der Waals surface area contributed by atoms with Crippen molar-refractivity contribution in [3.63, 3.8) is 0 Å². The maximum atomic E-state index is 7.60. The van der Waals surface area contributed by atoms with Crippen molar-refractivity contribution in [3.8, 4) is 20.9 Å². The number of nitrogens with two attached hydrogens (primary N) is 2.